The SMILES string of the molecule is COc1ccc([Si](C)(C)[C@@H]2[C@@H](CCO)O[C@]3(C(=O)Nc4ccc(OC)cc43)[C@H]2C)cc1. The Bertz CT molecular complexity index is 976. The molecule has 4 rings (SSSR count). The van der Waals surface area contributed by atoms with Gasteiger partial charge in [-0.2, -0.15) is 0 Å². The lowest BCUT2D eigenvalue weighted by Crippen LogP contribution is -2.51. The number of amides is 1. The first-order valence-corrected chi connectivity index (χ1v) is 13.8. The zero-order valence-corrected chi connectivity index (χ0v) is 19.8. The Kier molecular flexibility index (Phi) is 5.62. The summed E-state index contributed by atoms with van der Waals surface area (Å²) in [5, 5.41) is 14.1. The minimum absolute atomic E-state index is 0.0175. The van der Waals surface area contributed by atoms with Crippen LogP contribution in [0.15, 0.2) is 42.5 Å². The van der Waals surface area contributed by atoms with E-state index in [1.165, 1.54) is 5.19 Å². The number of nitrogens with one attached hydrogen (secondary N) is 1. The lowest BCUT2D eigenvalue weighted by Gasteiger charge is -2.37. The van der Waals surface area contributed by atoms with Crippen LogP contribution in [0.5, 0.6) is 11.5 Å². The van der Waals surface area contributed by atoms with Crippen molar-refractivity contribution in [2.75, 3.05) is 26.1 Å². The van der Waals surface area contributed by atoms with Gasteiger partial charge in [0.1, 0.15) is 11.5 Å². The number of ether oxygens (including phenoxy) is 3. The molecule has 0 unspecified atom stereocenters. The van der Waals surface area contributed by atoms with Crippen LogP contribution >= 0.6 is 0 Å². The van der Waals surface area contributed by atoms with Gasteiger partial charge in [0.25, 0.3) is 5.91 Å². The summed E-state index contributed by atoms with van der Waals surface area (Å²) in [6, 6.07) is 13.9. The van der Waals surface area contributed by atoms with Crippen molar-refractivity contribution in [3.05, 3.63) is 48.0 Å². The highest BCUT2D eigenvalue weighted by Gasteiger charge is 2.64. The lowest BCUT2D eigenvalue weighted by molar-refractivity contribution is -0.143. The van der Waals surface area contributed by atoms with Crippen LogP contribution in [-0.4, -0.2) is 46.0 Å². The highest BCUT2D eigenvalue weighted by molar-refractivity contribution is 6.91. The zero-order chi connectivity index (χ0) is 22.4. The first-order valence-electron chi connectivity index (χ1n) is 10.7. The van der Waals surface area contributed by atoms with Crippen molar-refractivity contribution in [3.63, 3.8) is 0 Å². The molecule has 6 nitrogen and oxygen atoms in total. The maximum absolute atomic E-state index is 13.4. The summed E-state index contributed by atoms with van der Waals surface area (Å²) in [4.78, 5) is 13.4. The van der Waals surface area contributed by atoms with E-state index in [1.54, 1.807) is 14.2 Å². The molecule has 4 atom stereocenters. The van der Waals surface area contributed by atoms with Gasteiger partial charge >= 0.3 is 0 Å². The van der Waals surface area contributed by atoms with Crippen LogP contribution in [0.1, 0.15) is 18.9 Å². The summed E-state index contributed by atoms with van der Waals surface area (Å²) >= 11 is 0. The van der Waals surface area contributed by atoms with Crippen LogP contribution in [0.25, 0.3) is 0 Å². The summed E-state index contributed by atoms with van der Waals surface area (Å²) in [6.45, 7) is 6.78. The van der Waals surface area contributed by atoms with Gasteiger partial charge in [0, 0.05) is 23.8 Å². The van der Waals surface area contributed by atoms with Crippen molar-refractivity contribution < 1.29 is 24.1 Å². The highest BCUT2D eigenvalue weighted by Crippen LogP contribution is 2.58. The van der Waals surface area contributed by atoms with Gasteiger partial charge in [0.2, 0.25) is 0 Å². The van der Waals surface area contributed by atoms with Crippen molar-refractivity contribution in [2.24, 2.45) is 5.92 Å². The number of methoxy groups -OCH3 is 2. The second kappa shape index (κ2) is 7.96. The van der Waals surface area contributed by atoms with Crippen molar-refractivity contribution in [2.45, 2.75) is 43.7 Å². The number of aliphatic hydroxyl groups is 1. The van der Waals surface area contributed by atoms with Crippen molar-refractivity contribution in [1.82, 2.24) is 0 Å². The molecular formula is C24H31NO5Si. The molecule has 2 heterocycles. The predicted molar refractivity (Wildman–Crippen MR) is 123 cm³/mol. The van der Waals surface area contributed by atoms with E-state index < -0.39 is 13.7 Å². The van der Waals surface area contributed by atoms with Gasteiger partial charge in [-0.05, 0) is 42.3 Å². The molecule has 0 radical (unpaired) electrons. The molecule has 1 spiro atoms. The van der Waals surface area contributed by atoms with E-state index in [0.29, 0.717) is 12.2 Å². The molecule has 1 fully saturated rings. The molecule has 0 aromatic heterocycles. The molecule has 1 amide bonds. The first-order chi connectivity index (χ1) is 14.8. The molecule has 2 aliphatic rings. The van der Waals surface area contributed by atoms with Crippen LogP contribution in [0.2, 0.25) is 18.6 Å². The molecule has 166 valence electrons. The van der Waals surface area contributed by atoms with Crippen molar-refractivity contribution in [3.8, 4) is 11.5 Å². The van der Waals surface area contributed by atoms with Crippen LogP contribution in [0.4, 0.5) is 5.69 Å². The second-order valence-electron chi connectivity index (χ2n) is 9.03. The number of carbonyl (C=O) groups excluding carboxylic acids is 1. The molecule has 2 aromatic carbocycles. The van der Waals surface area contributed by atoms with E-state index in [0.717, 1.165) is 17.0 Å². The smallest absolute Gasteiger partial charge is 0.261 e. The van der Waals surface area contributed by atoms with E-state index in [1.807, 2.05) is 30.3 Å². The molecule has 0 aliphatic carbocycles. The third-order valence-electron chi connectivity index (χ3n) is 7.21. The van der Waals surface area contributed by atoms with Crippen LogP contribution in [0, 0.1) is 5.92 Å². The lowest BCUT2D eigenvalue weighted by atomic mass is 9.82. The van der Waals surface area contributed by atoms with Gasteiger partial charge in [-0.15, -0.1) is 0 Å². The maximum atomic E-state index is 13.4. The Morgan fingerprint density at radius 1 is 1.10 bits per heavy atom. The molecular weight excluding hydrogens is 410 g/mol. The minimum atomic E-state index is -2.11. The number of aliphatic hydroxyl groups excluding tert-OH is 1. The summed E-state index contributed by atoms with van der Waals surface area (Å²) in [7, 11) is 1.17. The van der Waals surface area contributed by atoms with E-state index >= 15 is 0 Å². The Balaban J connectivity index is 1.81. The summed E-state index contributed by atoms with van der Waals surface area (Å²) in [6.07, 6.45) is 0.280. The number of hydrogen-bond donors (Lipinski definition) is 2. The molecule has 0 bridgehead atoms. The monoisotopic (exact) mass is 441 g/mol. The van der Waals surface area contributed by atoms with Gasteiger partial charge < -0.3 is 24.6 Å². The Morgan fingerprint density at radius 3 is 2.35 bits per heavy atom. The third kappa shape index (κ3) is 3.26. The fraction of sp³-hybridized carbons (Fsp3) is 0.458. The number of hydrogen-bond acceptors (Lipinski definition) is 5. The molecule has 7 heteroatoms. The van der Waals surface area contributed by atoms with E-state index in [-0.39, 0.29) is 30.1 Å². The fourth-order valence-electron chi connectivity index (χ4n) is 5.64. The van der Waals surface area contributed by atoms with Gasteiger partial charge in [-0.1, -0.05) is 37.3 Å². The van der Waals surface area contributed by atoms with Crippen LogP contribution in [-0.2, 0) is 15.1 Å². The van der Waals surface area contributed by atoms with E-state index in [2.05, 4.69) is 37.5 Å². The zero-order valence-electron chi connectivity index (χ0n) is 18.8. The standard InChI is InChI=1S/C24H31NO5Si/c1-15-22(31(4,5)18-9-6-16(28-2)7-10-18)21(12-13-26)30-24(15)19-14-17(29-3)8-11-20(19)25-23(24)27/h6-11,14-15,21-22,26H,12-13H2,1-5H3,(H,25,27)/t15-,21+,22-,24+/m0/s1. The molecule has 2 aromatic rings. The Hall–Kier alpha value is -2.35. The number of rotatable bonds is 6. The average Bonchev–Trinajstić information content (AvgIpc) is 3.22. The number of anilines is 1. The van der Waals surface area contributed by atoms with Crippen molar-refractivity contribution in [1.29, 1.82) is 0 Å². The quantitative estimate of drug-likeness (QED) is 0.673. The minimum Gasteiger partial charge on any atom is -0.497 e. The van der Waals surface area contributed by atoms with Gasteiger partial charge in [-0.3, -0.25) is 4.79 Å². The van der Waals surface area contributed by atoms with E-state index in [9.17, 15) is 9.90 Å². The average molecular weight is 442 g/mol. The van der Waals surface area contributed by atoms with Gasteiger partial charge in [0.15, 0.2) is 5.60 Å². The fourth-order valence-corrected chi connectivity index (χ4v) is 9.70. The number of carbonyl (C=O) groups is 1. The molecule has 31 heavy (non-hydrogen) atoms. The molecule has 1 saturated heterocycles. The summed E-state index contributed by atoms with van der Waals surface area (Å²) in [5.41, 5.74) is 0.653. The Labute approximate surface area is 184 Å². The molecule has 2 N–H and O–H groups in total. The number of benzene rings is 2. The molecule has 2 aliphatic heterocycles. The van der Waals surface area contributed by atoms with Crippen molar-refractivity contribution >= 4 is 24.9 Å². The Morgan fingerprint density at radius 2 is 1.74 bits per heavy atom. The summed E-state index contributed by atoms with van der Waals surface area (Å²) in [5.74, 6) is 1.32. The normalized spacial score (nSPS) is 27.3. The highest BCUT2D eigenvalue weighted by atomic mass is 28.3. The van der Waals surface area contributed by atoms with Crippen LogP contribution in [0.3, 0.4) is 0 Å². The molecule has 0 saturated carbocycles. The summed E-state index contributed by atoms with van der Waals surface area (Å²) < 4.78 is 17.4. The maximum Gasteiger partial charge on any atom is 0.261 e. The van der Waals surface area contributed by atoms with Gasteiger partial charge in [0.05, 0.1) is 28.4 Å². The first kappa shape index (κ1) is 21.9. The third-order valence-corrected chi connectivity index (χ3v) is 11.6. The second-order valence-corrected chi connectivity index (χ2v) is 13.7. The van der Waals surface area contributed by atoms with Crippen LogP contribution < -0.4 is 20.0 Å². The largest absolute Gasteiger partial charge is 0.497 e. The van der Waals surface area contributed by atoms with E-state index in [4.69, 9.17) is 14.2 Å². The van der Waals surface area contributed by atoms with Gasteiger partial charge in [-0.25, -0.2) is 0 Å². The predicted octanol–water partition coefficient (Wildman–Crippen LogP) is 3.25. The number of fused-ring (bicyclic) bond motifs is 2. The topological polar surface area (TPSA) is 77.0 Å².